The van der Waals surface area contributed by atoms with Crippen LogP contribution in [0, 0.1) is 0 Å². The molecule has 13 heteroatoms. The normalized spacial score (nSPS) is 11.1. The Bertz CT molecular complexity index is 1620. The summed E-state index contributed by atoms with van der Waals surface area (Å²) in [6, 6.07) is 6.54. The van der Waals surface area contributed by atoms with Crippen LogP contribution in [0.3, 0.4) is 0 Å². The summed E-state index contributed by atoms with van der Waals surface area (Å²) in [6.45, 7) is 0. The molecule has 0 saturated carbocycles. The van der Waals surface area contributed by atoms with E-state index in [0.717, 1.165) is 22.3 Å². The van der Waals surface area contributed by atoms with Crippen LogP contribution < -0.4 is 22.1 Å². The molecule has 0 aliphatic carbocycles. The molecule has 0 radical (unpaired) electrons. The molecule has 0 aromatic carbocycles. The third-order valence-electron chi connectivity index (χ3n) is 6.01. The van der Waals surface area contributed by atoms with Crippen molar-refractivity contribution >= 4 is 34.6 Å². The molecule has 188 valence electrons. The highest BCUT2D eigenvalue weighted by Gasteiger charge is 2.22. The molecule has 0 atom stereocenters. The number of H-pyrrole nitrogens is 2. The Labute approximate surface area is 215 Å². The number of aromatic amines is 2. The van der Waals surface area contributed by atoms with Gasteiger partial charge in [-0.1, -0.05) is 0 Å². The van der Waals surface area contributed by atoms with Gasteiger partial charge >= 0.3 is 0 Å². The number of nitrogens with zero attached hydrogens (tertiary/aromatic N) is 5. The Morgan fingerprint density at radius 3 is 1.58 bits per heavy atom. The van der Waals surface area contributed by atoms with Crippen LogP contribution in [0.25, 0.3) is 33.6 Å². The Morgan fingerprint density at radius 2 is 1.11 bits per heavy atom. The lowest BCUT2D eigenvalue weighted by molar-refractivity contribution is 0.477. The van der Waals surface area contributed by atoms with Gasteiger partial charge in [0.1, 0.15) is 40.8 Å². The number of hydrogen-bond acceptors (Lipinski definition) is 11. The minimum atomic E-state index is -0.0742. The molecule has 2 aliphatic rings. The molecule has 6 heterocycles. The third kappa shape index (κ3) is 3.80. The summed E-state index contributed by atoms with van der Waals surface area (Å²) >= 11 is 0. The van der Waals surface area contributed by atoms with Gasteiger partial charge in [0.05, 0.1) is 11.4 Å². The minimum absolute atomic E-state index is 0.0742. The van der Waals surface area contributed by atoms with E-state index in [9.17, 15) is 10.2 Å². The van der Waals surface area contributed by atoms with Crippen molar-refractivity contribution in [2.75, 3.05) is 22.1 Å². The van der Waals surface area contributed by atoms with Gasteiger partial charge in [0.2, 0.25) is 0 Å². The molecule has 2 aliphatic heterocycles. The van der Waals surface area contributed by atoms with Crippen LogP contribution in [0.4, 0.5) is 34.6 Å². The molecule has 0 spiro atoms. The van der Waals surface area contributed by atoms with Gasteiger partial charge in [-0.2, -0.15) is 0 Å². The monoisotopic (exact) mass is 507 g/mol. The van der Waals surface area contributed by atoms with E-state index in [1.54, 1.807) is 24.8 Å². The van der Waals surface area contributed by atoms with Crippen LogP contribution in [-0.4, -0.2) is 45.1 Å². The lowest BCUT2D eigenvalue weighted by Gasteiger charge is -2.11. The summed E-state index contributed by atoms with van der Waals surface area (Å²) in [6.07, 6.45) is 11.3. The number of nitrogens with two attached hydrogens (primary N) is 2. The zero-order valence-electron chi connectivity index (χ0n) is 19.6. The Balaban J connectivity index is 1.39. The van der Waals surface area contributed by atoms with E-state index in [1.165, 1.54) is 30.9 Å². The predicted octanol–water partition coefficient (Wildman–Crippen LogP) is 3.82. The first-order chi connectivity index (χ1) is 18.5. The van der Waals surface area contributed by atoms with E-state index in [4.69, 9.17) is 11.5 Å². The third-order valence-corrected chi connectivity index (χ3v) is 6.01. The van der Waals surface area contributed by atoms with E-state index in [0.29, 0.717) is 34.7 Å². The number of aromatic nitrogens is 7. The molecule has 13 nitrogen and oxygen atoms in total. The highest BCUT2D eigenvalue weighted by Crippen LogP contribution is 2.41. The smallest absolute Gasteiger partial charge is 0.158 e. The lowest BCUT2D eigenvalue weighted by atomic mass is 10.0. The van der Waals surface area contributed by atoms with Crippen molar-refractivity contribution in [1.82, 2.24) is 34.9 Å². The number of anilines is 6. The topological polar surface area (TPSA) is 213 Å². The number of rotatable bonds is 6. The fourth-order valence-corrected chi connectivity index (χ4v) is 4.12. The predicted molar refractivity (Wildman–Crippen MR) is 143 cm³/mol. The lowest BCUT2D eigenvalue weighted by Crippen LogP contribution is -2.01. The van der Waals surface area contributed by atoms with Gasteiger partial charge in [-0.05, 0) is 12.1 Å². The first-order valence-electron chi connectivity index (χ1n) is 11.4. The molecule has 38 heavy (non-hydrogen) atoms. The highest BCUT2D eigenvalue weighted by atomic mass is 16.3. The van der Waals surface area contributed by atoms with Gasteiger partial charge in [-0.3, -0.25) is 4.98 Å². The Kier molecular flexibility index (Phi) is 5.34. The average molecular weight is 508 g/mol. The van der Waals surface area contributed by atoms with E-state index in [-0.39, 0.29) is 22.9 Å². The molecule has 0 saturated heterocycles. The first kappa shape index (κ1) is 22.6. The SMILES string of the molecule is Nc1c(O)ccnc1Nc1[nH]ccc1-c1ncnc(-c2cc[nH]c2Nc2nccc(O)c2N)c2cncc1-2. The van der Waals surface area contributed by atoms with Gasteiger partial charge in [0.15, 0.2) is 11.6 Å². The van der Waals surface area contributed by atoms with Gasteiger partial charge < -0.3 is 42.3 Å². The standard InChI is InChI=1S/C25H21N11O2/c26-18-16(37)3-7-31-24(18)35-22-12(1-5-29-22)20-14-9-28-10-15(14)21(34-11-33-20)13-2-6-30-23(13)36-25-19(27)17(38)4-8-32-25/h1-11,29-30H,26-27H2,(H2,31,35,37)(H2,32,36,38). The van der Waals surface area contributed by atoms with Crippen LogP contribution in [0.5, 0.6) is 11.5 Å². The fourth-order valence-electron chi connectivity index (χ4n) is 4.12. The van der Waals surface area contributed by atoms with Gasteiger partial charge in [0.25, 0.3) is 0 Å². The summed E-state index contributed by atoms with van der Waals surface area (Å²) in [5, 5.41) is 26.2. The molecule has 0 amide bonds. The molecule has 6 rings (SSSR count). The number of nitrogen functional groups attached to an aromatic ring is 2. The summed E-state index contributed by atoms with van der Waals surface area (Å²) in [5.41, 5.74) is 16.4. The summed E-state index contributed by atoms with van der Waals surface area (Å²) in [5.74, 6) is 1.60. The average Bonchev–Trinajstić information content (AvgIpc) is 3.66. The number of aromatic hydroxyl groups is 2. The van der Waals surface area contributed by atoms with Crippen LogP contribution >= 0.6 is 0 Å². The largest absolute Gasteiger partial charge is 0.506 e. The van der Waals surface area contributed by atoms with Crippen molar-refractivity contribution in [3.05, 3.63) is 67.8 Å². The molecule has 0 fully saturated rings. The van der Waals surface area contributed by atoms with Crippen LogP contribution in [0.1, 0.15) is 0 Å². The first-order valence-corrected chi connectivity index (χ1v) is 11.4. The second kappa shape index (κ2) is 8.98. The molecular formula is C25H21N11O2. The number of hydrogen-bond donors (Lipinski definition) is 8. The van der Waals surface area contributed by atoms with Gasteiger partial charge in [-0.25, -0.2) is 19.9 Å². The van der Waals surface area contributed by atoms with E-state index >= 15 is 0 Å². The maximum absolute atomic E-state index is 9.95. The van der Waals surface area contributed by atoms with E-state index < -0.39 is 0 Å². The molecule has 0 unspecified atom stereocenters. The second-order valence-corrected chi connectivity index (χ2v) is 8.27. The van der Waals surface area contributed by atoms with Crippen LogP contribution in [0.15, 0.2) is 67.8 Å². The van der Waals surface area contributed by atoms with Crippen LogP contribution in [-0.2, 0) is 0 Å². The zero-order valence-corrected chi connectivity index (χ0v) is 19.6. The van der Waals surface area contributed by atoms with Gasteiger partial charge in [0, 0.05) is 71.6 Å². The second-order valence-electron chi connectivity index (χ2n) is 8.27. The highest BCUT2D eigenvalue weighted by molar-refractivity contribution is 5.94. The van der Waals surface area contributed by atoms with Crippen molar-refractivity contribution in [3.63, 3.8) is 0 Å². The Morgan fingerprint density at radius 1 is 0.632 bits per heavy atom. The quantitative estimate of drug-likeness (QED) is 0.162. The zero-order chi connectivity index (χ0) is 26.2. The fraction of sp³-hybridized carbons (Fsp3) is 0. The van der Waals surface area contributed by atoms with Crippen molar-refractivity contribution in [2.24, 2.45) is 0 Å². The minimum Gasteiger partial charge on any atom is -0.506 e. The van der Waals surface area contributed by atoms with Crippen LogP contribution in [0.2, 0.25) is 0 Å². The van der Waals surface area contributed by atoms with E-state index in [2.05, 4.69) is 45.5 Å². The Hall–Kier alpha value is -5.85. The summed E-state index contributed by atoms with van der Waals surface area (Å²) in [4.78, 5) is 28.3. The molecular weight excluding hydrogens is 486 g/mol. The van der Waals surface area contributed by atoms with Crippen molar-refractivity contribution < 1.29 is 10.2 Å². The van der Waals surface area contributed by atoms with Gasteiger partial charge in [-0.15, -0.1) is 0 Å². The van der Waals surface area contributed by atoms with E-state index in [1.807, 2.05) is 12.1 Å². The maximum Gasteiger partial charge on any atom is 0.158 e. The molecule has 4 aromatic heterocycles. The summed E-state index contributed by atoms with van der Waals surface area (Å²) < 4.78 is 0. The van der Waals surface area contributed by atoms with Crippen molar-refractivity contribution in [2.45, 2.75) is 0 Å². The number of pyridine rings is 2. The summed E-state index contributed by atoms with van der Waals surface area (Å²) in [7, 11) is 0. The molecule has 0 bridgehead atoms. The number of fused-ring (bicyclic) bond motifs is 1. The van der Waals surface area contributed by atoms with Crippen molar-refractivity contribution in [3.8, 4) is 45.1 Å². The van der Waals surface area contributed by atoms with Crippen molar-refractivity contribution in [1.29, 1.82) is 0 Å². The molecule has 10 N–H and O–H groups in total. The maximum atomic E-state index is 9.95. The molecule has 4 aromatic rings. The number of nitrogens with one attached hydrogen (secondary N) is 4.